The summed E-state index contributed by atoms with van der Waals surface area (Å²) in [5.74, 6) is 1.36. The third kappa shape index (κ3) is 6.36. The minimum Gasteiger partial charge on any atom is -0.493 e. The predicted octanol–water partition coefficient (Wildman–Crippen LogP) is 4.62. The van der Waals surface area contributed by atoms with Crippen LogP contribution in [0.4, 0.5) is 0 Å². The van der Waals surface area contributed by atoms with Gasteiger partial charge in [0.2, 0.25) is 0 Å². The second-order valence-corrected chi connectivity index (χ2v) is 7.12. The number of halogens is 2. The van der Waals surface area contributed by atoms with E-state index in [9.17, 15) is 0 Å². The lowest BCUT2D eigenvalue weighted by molar-refractivity contribution is 0.284. The van der Waals surface area contributed by atoms with Crippen molar-refractivity contribution < 1.29 is 9.47 Å². The molecule has 0 unspecified atom stereocenters. The number of hydrogen-bond acceptors (Lipinski definition) is 4. The van der Waals surface area contributed by atoms with E-state index in [1.807, 2.05) is 24.3 Å². The van der Waals surface area contributed by atoms with Gasteiger partial charge in [-0.3, -0.25) is 0 Å². The van der Waals surface area contributed by atoms with Crippen LogP contribution in [0.25, 0.3) is 0 Å². The highest BCUT2D eigenvalue weighted by molar-refractivity contribution is 6.35. The van der Waals surface area contributed by atoms with Crippen LogP contribution in [0.5, 0.6) is 11.5 Å². The summed E-state index contributed by atoms with van der Waals surface area (Å²) in [6.07, 6.45) is 1.12. The van der Waals surface area contributed by atoms with Crippen molar-refractivity contribution in [2.75, 3.05) is 34.3 Å². The fourth-order valence-corrected chi connectivity index (χ4v) is 3.02. The molecule has 1 N–H and O–H groups in total. The first-order valence-corrected chi connectivity index (χ1v) is 9.35. The zero-order valence-corrected chi connectivity index (χ0v) is 17.0. The number of ether oxygens (including phenoxy) is 2. The predicted molar refractivity (Wildman–Crippen MR) is 109 cm³/mol. The molecule has 142 valence electrons. The van der Waals surface area contributed by atoms with Gasteiger partial charge >= 0.3 is 0 Å². The Morgan fingerprint density at radius 1 is 1.04 bits per heavy atom. The molecule has 4 nitrogen and oxygen atoms in total. The lowest BCUT2D eigenvalue weighted by Gasteiger charge is -2.14. The van der Waals surface area contributed by atoms with E-state index < -0.39 is 0 Å². The smallest absolute Gasteiger partial charge is 0.161 e. The quantitative estimate of drug-likeness (QED) is 0.593. The summed E-state index contributed by atoms with van der Waals surface area (Å²) in [4.78, 5) is 2.18. The highest BCUT2D eigenvalue weighted by Gasteiger charge is 2.10. The van der Waals surface area contributed by atoms with Gasteiger partial charge in [0.25, 0.3) is 0 Å². The molecule has 0 radical (unpaired) electrons. The summed E-state index contributed by atoms with van der Waals surface area (Å²) in [5.41, 5.74) is 1.92. The molecule has 0 saturated heterocycles. The minimum atomic E-state index is 0.289. The molecule has 0 aromatic heterocycles. The maximum Gasteiger partial charge on any atom is 0.161 e. The van der Waals surface area contributed by atoms with E-state index in [2.05, 4.69) is 24.3 Å². The fraction of sp³-hybridized carbons (Fsp3) is 0.400. The van der Waals surface area contributed by atoms with Gasteiger partial charge in [0.15, 0.2) is 11.5 Å². The van der Waals surface area contributed by atoms with Crippen LogP contribution in [-0.2, 0) is 13.2 Å². The lowest BCUT2D eigenvalue weighted by Crippen LogP contribution is -2.21. The Morgan fingerprint density at radius 2 is 1.77 bits per heavy atom. The molecule has 0 fully saturated rings. The molecular formula is C20H26Cl2N2O2. The average Bonchev–Trinajstić information content (AvgIpc) is 2.61. The highest BCUT2D eigenvalue weighted by atomic mass is 35.5. The van der Waals surface area contributed by atoms with Crippen LogP contribution in [-0.4, -0.2) is 39.2 Å². The zero-order valence-electron chi connectivity index (χ0n) is 15.5. The van der Waals surface area contributed by atoms with Crippen LogP contribution in [0.3, 0.4) is 0 Å². The maximum atomic E-state index is 6.19. The molecule has 6 heteroatoms. The van der Waals surface area contributed by atoms with Gasteiger partial charge in [-0.1, -0.05) is 35.3 Å². The van der Waals surface area contributed by atoms with Crippen molar-refractivity contribution in [2.45, 2.75) is 19.6 Å². The number of benzene rings is 2. The molecule has 2 rings (SSSR count). The number of nitrogens with one attached hydrogen (secondary N) is 1. The fourth-order valence-electron chi connectivity index (χ4n) is 2.51. The third-order valence-electron chi connectivity index (χ3n) is 3.95. The number of nitrogens with zero attached hydrogens (tertiary/aromatic N) is 1. The van der Waals surface area contributed by atoms with Crippen molar-refractivity contribution in [2.24, 2.45) is 0 Å². The Bertz CT molecular complexity index is 688. The molecule has 0 aliphatic rings. The average molecular weight is 397 g/mol. The zero-order chi connectivity index (χ0) is 18.9. The number of methoxy groups -OCH3 is 1. The third-order valence-corrected chi connectivity index (χ3v) is 4.66. The Hall–Kier alpha value is -1.46. The highest BCUT2D eigenvalue weighted by Crippen LogP contribution is 2.31. The van der Waals surface area contributed by atoms with Crippen molar-refractivity contribution in [3.8, 4) is 11.5 Å². The van der Waals surface area contributed by atoms with Crippen molar-refractivity contribution in [3.63, 3.8) is 0 Å². The van der Waals surface area contributed by atoms with Crippen molar-refractivity contribution >= 4 is 23.2 Å². The molecule has 0 heterocycles. The van der Waals surface area contributed by atoms with E-state index in [0.717, 1.165) is 37.2 Å². The maximum absolute atomic E-state index is 6.19. The van der Waals surface area contributed by atoms with Gasteiger partial charge in [-0.15, -0.1) is 0 Å². The lowest BCUT2D eigenvalue weighted by atomic mass is 10.2. The Kier molecular flexibility index (Phi) is 8.52. The van der Waals surface area contributed by atoms with Gasteiger partial charge < -0.3 is 19.7 Å². The van der Waals surface area contributed by atoms with E-state index in [-0.39, 0.29) is 6.61 Å². The van der Waals surface area contributed by atoms with Gasteiger partial charge in [0.05, 0.1) is 7.11 Å². The Labute approximate surface area is 166 Å². The SMILES string of the molecule is COc1cc(CNCCCN(C)C)ccc1OCc1c(Cl)cccc1Cl. The van der Waals surface area contributed by atoms with E-state index in [1.54, 1.807) is 19.2 Å². The van der Waals surface area contributed by atoms with Gasteiger partial charge in [0.1, 0.15) is 6.61 Å². The number of hydrogen-bond donors (Lipinski definition) is 1. The van der Waals surface area contributed by atoms with Crippen molar-refractivity contribution in [3.05, 3.63) is 57.6 Å². The van der Waals surface area contributed by atoms with E-state index >= 15 is 0 Å². The van der Waals surface area contributed by atoms with Gasteiger partial charge in [0, 0.05) is 22.2 Å². The van der Waals surface area contributed by atoms with E-state index in [1.165, 1.54) is 0 Å². The molecule has 2 aromatic carbocycles. The standard InChI is InChI=1S/C20H26Cl2N2O2/c1-24(2)11-5-10-23-13-15-8-9-19(20(12-15)25-3)26-14-16-17(21)6-4-7-18(16)22/h4,6-9,12,23H,5,10-11,13-14H2,1-3H3. The van der Waals surface area contributed by atoms with Crippen LogP contribution >= 0.6 is 23.2 Å². The molecule has 0 aliphatic heterocycles. The molecule has 0 bridgehead atoms. The van der Waals surface area contributed by atoms with E-state index in [4.69, 9.17) is 32.7 Å². The Morgan fingerprint density at radius 3 is 2.42 bits per heavy atom. The molecule has 0 saturated carbocycles. The molecule has 0 atom stereocenters. The first-order valence-electron chi connectivity index (χ1n) is 8.59. The van der Waals surface area contributed by atoms with Crippen LogP contribution in [0, 0.1) is 0 Å². The molecule has 0 spiro atoms. The van der Waals surface area contributed by atoms with Crippen molar-refractivity contribution in [1.29, 1.82) is 0 Å². The minimum absolute atomic E-state index is 0.289. The van der Waals surface area contributed by atoms with Crippen LogP contribution < -0.4 is 14.8 Å². The second-order valence-electron chi connectivity index (χ2n) is 6.31. The first kappa shape index (κ1) is 20.8. The topological polar surface area (TPSA) is 33.7 Å². The molecule has 0 aliphatic carbocycles. The molecule has 2 aromatic rings. The van der Waals surface area contributed by atoms with Crippen LogP contribution in [0.2, 0.25) is 10.0 Å². The van der Waals surface area contributed by atoms with Crippen molar-refractivity contribution in [1.82, 2.24) is 10.2 Å². The summed E-state index contributed by atoms with van der Waals surface area (Å²) < 4.78 is 11.3. The summed E-state index contributed by atoms with van der Waals surface area (Å²) >= 11 is 12.4. The number of rotatable bonds is 10. The summed E-state index contributed by atoms with van der Waals surface area (Å²) in [5, 5.41) is 4.63. The van der Waals surface area contributed by atoms with Gasteiger partial charge in [-0.2, -0.15) is 0 Å². The molecule has 26 heavy (non-hydrogen) atoms. The molecular weight excluding hydrogens is 371 g/mol. The summed E-state index contributed by atoms with van der Waals surface area (Å²) in [6.45, 7) is 3.13. The summed E-state index contributed by atoms with van der Waals surface area (Å²) in [6, 6.07) is 11.4. The monoisotopic (exact) mass is 396 g/mol. The van der Waals surface area contributed by atoms with Crippen LogP contribution in [0.1, 0.15) is 17.5 Å². The largest absolute Gasteiger partial charge is 0.493 e. The first-order chi connectivity index (χ1) is 12.5. The Balaban J connectivity index is 1.93. The molecule has 0 amide bonds. The normalized spacial score (nSPS) is 11.0. The van der Waals surface area contributed by atoms with Gasteiger partial charge in [-0.05, 0) is 63.4 Å². The second kappa shape index (κ2) is 10.6. The van der Waals surface area contributed by atoms with E-state index in [0.29, 0.717) is 21.5 Å². The summed E-state index contributed by atoms with van der Waals surface area (Å²) in [7, 11) is 5.80. The van der Waals surface area contributed by atoms with Gasteiger partial charge in [-0.25, -0.2) is 0 Å². The van der Waals surface area contributed by atoms with Crippen LogP contribution in [0.15, 0.2) is 36.4 Å².